The third kappa shape index (κ3) is 3.27. The molecule has 3 aromatic carbocycles. The molecule has 0 radical (unpaired) electrons. The minimum absolute atomic E-state index is 0.447. The van der Waals surface area contributed by atoms with Crippen LogP contribution in [0.1, 0.15) is 5.56 Å². The van der Waals surface area contributed by atoms with Crippen molar-refractivity contribution >= 4 is 38.9 Å². The second kappa shape index (κ2) is 6.82. The lowest BCUT2D eigenvalue weighted by Crippen LogP contribution is -2.04. The molecule has 0 saturated carbocycles. The zero-order valence-corrected chi connectivity index (χ0v) is 14.6. The van der Waals surface area contributed by atoms with Gasteiger partial charge in [0, 0.05) is 9.86 Å². The van der Waals surface area contributed by atoms with Crippen LogP contribution in [0.2, 0.25) is 0 Å². The number of tetrazole rings is 1. The largest absolute Gasteiger partial charge is 0.268 e. The Morgan fingerprint density at radius 3 is 2.76 bits per heavy atom. The monoisotopic (exact) mass is 392 g/mol. The van der Waals surface area contributed by atoms with E-state index in [9.17, 15) is 0 Å². The van der Waals surface area contributed by atoms with Gasteiger partial charge in [0.25, 0.3) is 5.95 Å². The highest BCUT2D eigenvalue weighted by molar-refractivity contribution is 9.10. The van der Waals surface area contributed by atoms with Gasteiger partial charge >= 0.3 is 0 Å². The number of hydrogen-bond donors (Lipinski definition) is 1. The summed E-state index contributed by atoms with van der Waals surface area (Å²) in [6, 6.07) is 22.0. The molecular formula is C18H13BrN6. The van der Waals surface area contributed by atoms with E-state index in [-0.39, 0.29) is 0 Å². The molecule has 1 N–H and O–H groups in total. The average Bonchev–Trinajstić information content (AvgIpc) is 3.10. The maximum Gasteiger partial charge on any atom is 0.268 e. The van der Waals surface area contributed by atoms with Gasteiger partial charge in [-0.2, -0.15) is 9.78 Å². The van der Waals surface area contributed by atoms with Crippen LogP contribution in [0.15, 0.2) is 76.3 Å². The molecule has 1 heterocycles. The molecule has 25 heavy (non-hydrogen) atoms. The van der Waals surface area contributed by atoms with Gasteiger partial charge < -0.3 is 0 Å². The molecule has 6 nitrogen and oxygen atoms in total. The number of benzene rings is 3. The van der Waals surface area contributed by atoms with Gasteiger partial charge in [-0.3, -0.25) is 0 Å². The van der Waals surface area contributed by atoms with Crippen molar-refractivity contribution in [3.05, 3.63) is 76.8 Å². The van der Waals surface area contributed by atoms with Crippen LogP contribution in [0, 0.1) is 0 Å². The van der Waals surface area contributed by atoms with Crippen molar-refractivity contribution in [1.82, 2.24) is 20.2 Å². The first-order valence-electron chi connectivity index (χ1n) is 7.62. The lowest BCUT2D eigenvalue weighted by atomic mass is 10.1. The number of fused-ring (bicyclic) bond motifs is 1. The molecule has 122 valence electrons. The van der Waals surface area contributed by atoms with E-state index in [0.29, 0.717) is 5.95 Å². The van der Waals surface area contributed by atoms with E-state index >= 15 is 0 Å². The van der Waals surface area contributed by atoms with Gasteiger partial charge in [-0.05, 0) is 39.6 Å². The molecule has 0 aliphatic carbocycles. The van der Waals surface area contributed by atoms with Gasteiger partial charge in [0.05, 0.1) is 11.9 Å². The van der Waals surface area contributed by atoms with E-state index in [1.807, 2.05) is 54.6 Å². The Hall–Kier alpha value is -3.06. The Balaban J connectivity index is 1.64. The van der Waals surface area contributed by atoms with E-state index < -0.39 is 0 Å². The first-order valence-corrected chi connectivity index (χ1v) is 8.42. The predicted octanol–water partition coefficient (Wildman–Crippen LogP) is 4.02. The number of nitrogens with one attached hydrogen (secondary N) is 1. The van der Waals surface area contributed by atoms with Crippen LogP contribution in [0.4, 0.5) is 5.95 Å². The van der Waals surface area contributed by atoms with Gasteiger partial charge in [0.1, 0.15) is 0 Å². The fourth-order valence-electron chi connectivity index (χ4n) is 2.56. The lowest BCUT2D eigenvalue weighted by Gasteiger charge is -2.07. The summed E-state index contributed by atoms with van der Waals surface area (Å²) < 4.78 is 2.64. The van der Waals surface area contributed by atoms with E-state index in [1.165, 1.54) is 0 Å². The van der Waals surface area contributed by atoms with Gasteiger partial charge in [0.2, 0.25) is 0 Å². The summed E-state index contributed by atoms with van der Waals surface area (Å²) in [7, 11) is 0. The number of rotatable bonds is 4. The van der Waals surface area contributed by atoms with Gasteiger partial charge in [0.15, 0.2) is 0 Å². The Kier molecular flexibility index (Phi) is 4.22. The van der Waals surface area contributed by atoms with Crippen LogP contribution in [-0.2, 0) is 0 Å². The average molecular weight is 393 g/mol. The second-order valence-corrected chi connectivity index (χ2v) is 6.25. The van der Waals surface area contributed by atoms with E-state index in [2.05, 4.69) is 54.1 Å². The Labute approximate surface area is 152 Å². The van der Waals surface area contributed by atoms with Gasteiger partial charge in [-0.1, -0.05) is 69.6 Å². The molecule has 7 heteroatoms. The van der Waals surface area contributed by atoms with Crippen molar-refractivity contribution in [1.29, 1.82) is 0 Å². The highest BCUT2D eigenvalue weighted by atomic mass is 79.9. The number of anilines is 1. The quantitative estimate of drug-likeness (QED) is 0.420. The summed E-state index contributed by atoms with van der Waals surface area (Å²) in [6.45, 7) is 0. The van der Waals surface area contributed by atoms with Gasteiger partial charge in [-0.15, -0.1) is 0 Å². The number of hydrazone groups is 1. The Bertz CT molecular complexity index is 1050. The zero-order chi connectivity index (χ0) is 17.1. The molecule has 0 unspecified atom stereocenters. The molecule has 4 rings (SSSR count). The standard InChI is InChI=1S/C18H13BrN6/c19-15-8-3-5-13(11-15)12-20-21-18-22-23-24-25(18)17-10-4-7-14-6-1-2-9-16(14)17/h1-12H,(H,21,22,24)/b20-12+. The van der Waals surface area contributed by atoms with Crippen LogP contribution in [0.25, 0.3) is 16.5 Å². The molecule has 0 aliphatic heterocycles. The molecular weight excluding hydrogens is 380 g/mol. The fraction of sp³-hybridized carbons (Fsp3) is 0. The predicted molar refractivity (Wildman–Crippen MR) is 102 cm³/mol. The van der Waals surface area contributed by atoms with Crippen LogP contribution < -0.4 is 5.43 Å². The van der Waals surface area contributed by atoms with Crippen LogP contribution in [0.3, 0.4) is 0 Å². The number of aromatic nitrogens is 4. The van der Waals surface area contributed by atoms with Crippen LogP contribution in [-0.4, -0.2) is 26.4 Å². The summed E-state index contributed by atoms with van der Waals surface area (Å²) >= 11 is 3.44. The number of nitrogens with zero attached hydrogens (tertiary/aromatic N) is 5. The topological polar surface area (TPSA) is 68.0 Å². The normalized spacial score (nSPS) is 11.2. The molecule has 0 bridgehead atoms. The zero-order valence-electron chi connectivity index (χ0n) is 13.0. The molecule has 0 spiro atoms. The summed E-state index contributed by atoms with van der Waals surface area (Å²) in [5, 5.41) is 18.3. The third-order valence-corrected chi connectivity index (χ3v) is 4.18. The Morgan fingerprint density at radius 1 is 1.00 bits per heavy atom. The highest BCUT2D eigenvalue weighted by Crippen LogP contribution is 2.23. The smallest absolute Gasteiger partial charge is 0.244 e. The van der Waals surface area contributed by atoms with Crippen molar-refractivity contribution in [2.24, 2.45) is 5.10 Å². The minimum atomic E-state index is 0.447. The first kappa shape index (κ1) is 15.5. The molecule has 0 saturated heterocycles. The van der Waals surface area contributed by atoms with Crippen molar-refractivity contribution in [2.75, 3.05) is 5.43 Å². The molecule has 0 atom stereocenters. The number of halogens is 1. The van der Waals surface area contributed by atoms with E-state index in [4.69, 9.17) is 0 Å². The molecule has 4 aromatic rings. The van der Waals surface area contributed by atoms with Crippen molar-refractivity contribution < 1.29 is 0 Å². The van der Waals surface area contributed by atoms with E-state index in [1.54, 1.807) is 10.9 Å². The van der Waals surface area contributed by atoms with Crippen molar-refractivity contribution in [2.45, 2.75) is 0 Å². The van der Waals surface area contributed by atoms with Crippen LogP contribution >= 0.6 is 15.9 Å². The second-order valence-electron chi connectivity index (χ2n) is 5.34. The summed E-state index contributed by atoms with van der Waals surface area (Å²) in [4.78, 5) is 0. The minimum Gasteiger partial charge on any atom is -0.244 e. The molecule has 0 fully saturated rings. The maximum atomic E-state index is 4.23. The molecule has 0 aliphatic rings. The highest BCUT2D eigenvalue weighted by Gasteiger charge is 2.10. The van der Waals surface area contributed by atoms with Gasteiger partial charge in [-0.25, -0.2) is 5.43 Å². The van der Waals surface area contributed by atoms with Crippen LogP contribution in [0.5, 0.6) is 0 Å². The number of hydrogen-bond acceptors (Lipinski definition) is 5. The first-order chi connectivity index (χ1) is 12.3. The maximum absolute atomic E-state index is 4.23. The Morgan fingerprint density at radius 2 is 1.84 bits per heavy atom. The summed E-state index contributed by atoms with van der Waals surface area (Å²) in [5.74, 6) is 0.447. The fourth-order valence-corrected chi connectivity index (χ4v) is 2.98. The van der Waals surface area contributed by atoms with Crippen molar-refractivity contribution in [3.8, 4) is 5.69 Å². The van der Waals surface area contributed by atoms with E-state index in [0.717, 1.165) is 26.5 Å². The summed E-state index contributed by atoms with van der Waals surface area (Å²) in [6.07, 6.45) is 1.72. The third-order valence-electron chi connectivity index (χ3n) is 3.69. The molecule has 0 amide bonds. The SMILES string of the molecule is Brc1cccc(/C=N/Nc2nnnn2-c2cccc3ccccc23)c1. The lowest BCUT2D eigenvalue weighted by molar-refractivity contribution is 0.794. The van der Waals surface area contributed by atoms with Crippen molar-refractivity contribution in [3.63, 3.8) is 0 Å². The molecule has 1 aromatic heterocycles. The summed E-state index contributed by atoms with van der Waals surface area (Å²) in [5.41, 5.74) is 4.76.